The molecule has 0 spiro atoms. The molecule has 1 fully saturated rings. The van der Waals surface area contributed by atoms with Crippen LogP contribution in [0.5, 0.6) is 0 Å². The predicted molar refractivity (Wildman–Crippen MR) is 84.4 cm³/mol. The Morgan fingerprint density at radius 2 is 2.26 bits per heavy atom. The summed E-state index contributed by atoms with van der Waals surface area (Å²) < 4.78 is 18.7. The number of benzene rings is 1. The molecule has 0 radical (unpaired) electrons. The molecule has 1 atom stereocenters. The third-order valence-electron chi connectivity index (χ3n) is 4.28. The Kier molecular flexibility index (Phi) is 4.46. The molecule has 5 heteroatoms. The van der Waals surface area contributed by atoms with Crippen molar-refractivity contribution < 1.29 is 13.7 Å². The van der Waals surface area contributed by atoms with Crippen molar-refractivity contribution in [1.29, 1.82) is 0 Å². The number of hydrogen-bond acceptors (Lipinski definition) is 3. The fraction of sp³-hybridized carbons (Fsp3) is 0.444. The zero-order valence-corrected chi connectivity index (χ0v) is 13.5. The van der Waals surface area contributed by atoms with E-state index in [1.165, 1.54) is 12.1 Å². The number of hydrogen-bond donors (Lipinski definition) is 0. The second-order valence-corrected chi connectivity index (χ2v) is 6.36. The molecule has 0 saturated carbocycles. The molecular formula is C18H21FN2O2. The minimum absolute atomic E-state index is 0.000553. The minimum Gasteiger partial charge on any atom is -0.359 e. The number of rotatable bonds is 4. The summed E-state index contributed by atoms with van der Waals surface area (Å²) in [7, 11) is 0. The maximum absolute atomic E-state index is 13.3. The highest BCUT2D eigenvalue weighted by molar-refractivity contribution is 5.79. The number of carbonyl (C=O) groups excluding carboxylic acids is 1. The molecule has 3 rings (SSSR count). The Hall–Kier alpha value is -2.17. The van der Waals surface area contributed by atoms with Crippen LogP contribution in [0.2, 0.25) is 0 Å². The quantitative estimate of drug-likeness (QED) is 0.861. The molecule has 0 bridgehead atoms. The van der Waals surface area contributed by atoms with E-state index in [1.54, 1.807) is 12.1 Å². The molecular weight excluding hydrogens is 295 g/mol. The van der Waals surface area contributed by atoms with Gasteiger partial charge in [0, 0.05) is 12.6 Å². The van der Waals surface area contributed by atoms with Crippen molar-refractivity contribution >= 4 is 5.91 Å². The van der Waals surface area contributed by atoms with Gasteiger partial charge < -0.3 is 9.42 Å². The second kappa shape index (κ2) is 6.52. The van der Waals surface area contributed by atoms with Gasteiger partial charge in [0.05, 0.1) is 18.2 Å². The van der Waals surface area contributed by atoms with E-state index in [0.717, 1.165) is 24.3 Å². The molecule has 2 heterocycles. The van der Waals surface area contributed by atoms with Crippen LogP contribution in [0, 0.1) is 5.82 Å². The van der Waals surface area contributed by atoms with Gasteiger partial charge in [-0.3, -0.25) is 4.79 Å². The number of aromatic nitrogens is 1. The van der Waals surface area contributed by atoms with Crippen molar-refractivity contribution in [3.8, 4) is 0 Å². The van der Waals surface area contributed by atoms with Gasteiger partial charge in [-0.25, -0.2) is 4.39 Å². The van der Waals surface area contributed by atoms with Crippen molar-refractivity contribution in [3.63, 3.8) is 0 Å². The van der Waals surface area contributed by atoms with Gasteiger partial charge in [-0.15, -0.1) is 0 Å². The van der Waals surface area contributed by atoms with Gasteiger partial charge in [0.1, 0.15) is 5.82 Å². The number of likely N-dealkylation sites (tertiary alicyclic amines) is 1. The minimum atomic E-state index is -0.315. The highest BCUT2D eigenvalue weighted by Gasteiger charge is 2.32. The lowest BCUT2D eigenvalue weighted by atomic mass is 10.1. The van der Waals surface area contributed by atoms with Crippen molar-refractivity contribution in [3.05, 3.63) is 53.2 Å². The van der Waals surface area contributed by atoms with Crippen molar-refractivity contribution in [1.82, 2.24) is 10.1 Å². The largest absolute Gasteiger partial charge is 0.359 e. The zero-order valence-electron chi connectivity index (χ0n) is 13.5. The van der Waals surface area contributed by atoms with Gasteiger partial charge in [-0.1, -0.05) is 31.1 Å². The third kappa shape index (κ3) is 3.44. The molecule has 23 heavy (non-hydrogen) atoms. The first-order valence-electron chi connectivity index (χ1n) is 8.05. The summed E-state index contributed by atoms with van der Waals surface area (Å²) >= 11 is 0. The van der Waals surface area contributed by atoms with Crippen LogP contribution in [0.1, 0.15) is 55.7 Å². The molecule has 0 N–H and O–H groups in total. The lowest BCUT2D eigenvalue weighted by Gasteiger charge is -2.22. The van der Waals surface area contributed by atoms with Crippen LogP contribution in [-0.2, 0) is 11.2 Å². The van der Waals surface area contributed by atoms with Crippen LogP contribution >= 0.6 is 0 Å². The zero-order chi connectivity index (χ0) is 16.4. The van der Waals surface area contributed by atoms with E-state index < -0.39 is 0 Å². The van der Waals surface area contributed by atoms with E-state index in [1.807, 2.05) is 11.0 Å². The number of amides is 1. The monoisotopic (exact) mass is 316 g/mol. The molecule has 2 aromatic rings. The van der Waals surface area contributed by atoms with E-state index in [9.17, 15) is 9.18 Å². The maximum atomic E-state index is 13.3. The maximum Gasteiger partial charge on any atom is 0.227 e. The van der Waals surface area contributed by atoms with Crippen LogP contribution in [0.4, 0.5) is 4.39 Å². The molecule has 122 valence electrons. The first-order chi connectivity index (χ1) is 11.0. The Morgan fingerprint density at radius 1 is 1.43 bits per heavy atom. The van der Waals surface area contributed by atoms with Gasteiger partial charge in [-0.05, 0) is 36.5 Å². The summed E-state index contributed by atoms with van der Waals surface area (Å²) in [6, 6.07) is 8.09. The molecule has 1 aromatic carbocycles. The molecule has 1 amide bonds. The molecule has 1 unspecified atom stereocenters. The molecule has 1 aliphatic rings. The highest BCUT2D eigenvalue weighted by Crippen LogP contribution is 2.33. The first-order valence-corrected chi connectivity index (χ1v) is 8.05. The summed E-state index contributed by atoms with van der Waals surface area (Å²) in [6.07, 6.45) is 2.03. The Morgan fingerprint density at radius 3 is 2.96 bits per heavy atom. The summed E-state index contributed by atoms with van der Waals surface area (Å²) in [5.74, 6) is 0.731. The van der Waals surface area contributed by atoms with Crippen LogP contribution in [0.3, 0.4) is 0 Å². The number of halogens is 1. The van der Waals surface area contributed by atoms with Gasteiger partial charge in [0.2, 0.25) is 5.91 Å². The highest BCUT2D eigenvalue weighted by atomic mass is 19.1. The van der Waals surface area contributed by atoms with Crippen molar-refractivity contribution in [2.24, 2.45) is 0 Å². The van der Waals surface area contributed by atoms with Gasteiger partial charge >= 0.3 is 0 Å². The Balaban J connectivity index is 1.74. The summed E-state index contributed by atoms with van der Waals surface area (Å²) in [6.45, 7) is 4.82. The van der Waals surface area contributed by atoms with Gasteiger partial charge in [-0.2, -0.15) is 0 Å². The standard InChI is InChI=1S/C18H21FN2O2/c1-12(2)15-11-17(23-20-15)16-7-4-8-21(16)18(22)10-13-5-3-6-14(19)9-13/h3,5-6,9,11-12,16H,4,7-8,10H2,1-2H3. The van der Waals surface area contributed by atoms with Gasteiger partial charge in [0.15, 0.2) is 5.76 Å². The van der Waals surface area contributed by atoms with Crippen LogP contribution in [-0.4, -0.2) is 22.5 Å². The van der Waals surface area contributed by atoms with E-state index in [0.29, 0.717) is 18.0 Å². The fourth-order valence-electron chi connectivity index (χ4n) is 3.02. The van der Waals surface area contributed by atoms with Crippen molar-refractivity contribution in [2.75, 3.05) is 6.54 Å². The average molecular weight is 316 g/mol. The fourth-order valence-corrected chi connectivity index (χ4v) is 3.02. The topological polar surface area (TPSA) is 46.3 Å². The first kappa shape index (κ1) is 15.7. The van der Waals surface area contributed by atoms with E-state index in [-0.39, 0.29) is 24.2 Å². The number of carbonyl (C=O) groups is 1. The molecule has 1 aromatic heterocycles. The molecule has 1 aliphatic heterocycles. The van der Waals surface area contributed by atoms with Crippen LogP contribution in [0.25, 0.3) is 0 Å². The van der Waals surface area contributed by atoms with Crippen LogP contribution < -0.4 is 0 Å². The van der Waals surface area contributed by atoms with E-state index >= 15 is 0 Å². The van der Waals surface area contributed by atoms with Crippen LogP contribution in [0.15, 0.2) is 34.9 Å². The number of nitrogens with zero attached hydrogens (tertiary/aromatic N) is 2. The predicted octanol–water partition coefficient (Wildman–Crippen LogP) is 3.84. The van der Waals surface area contributed by atoms with E-state index in [4.69, 9.17) is 4.52 Å². The summed E-state index contributed by atoms with van der Waals surface area (Å²) in [5, 5.41) is 4.09. The Bertz CT molecular complexity index is 696. The molecule has 0 aliphatic carbocycles. The average Bonchev–Trinajstić information content (AvgIpc) is 3.16. The summed E-state index contributed by atoms with van der Waals surface area (Å²) in [5.41, 5.74) is 1.60. The smallest absolute Gasteiger partial charge is 0.227 e. The Labute approximate surface area is 135 Å². The molecule has 1 saturated heterocycles. The van der Waals surface area contributed by atoms with Crippen molar-refractivity contribution in [2.45, 2.75) is 45.1 Å². The van der Waals surface area contributed by atoms with E-state index in [2.05, 4.69) is 19.0 Å². The third-order valence-corrected chi connectivity index (χ3v) is 4.28. The lowest BCUT2D eigenvalue weighted by Crippen LogP contribution is -2.31. The summed E-state index contributed by atoms with van der Waals surface area (Å²) in [4.78, 5) is 14.4. The normalized spacial score (nSPS) is 17.9. The molecule has 4 nitrogen and oxygen atoms in total. The SMILES string of the molecule is CC(C)c1cc(C2CCCN2C(=O)Cc2cccc(F)c2)on1. The second-order valence-electron chi connectivity index (χ2n) is 6.36. The lowest BCUT2D eigenvalue weighted by molar-refractivity contribution is -0.131. The van der Waals surface area contributed by atoms with Gasteiger partial charge in [0.25, 0.3) is 0 Å².